The van der Waals surface area contributed by atoms with Crippen molar-refractivity contribution in [2.45, 2.75) is 327 Å². The van der Waals surface area contributed by atoms with E-state index in [2.05, 4.69) is 31.3 Å². The van der Waals surface area contributed by atoms with Crippen LogP contribution in [0.4, 0.5) is 0 Å². The molecule has 0 aromatic carbocycles. The summed E-state index contributed by atoms with van der Waals surface area (Å²) in [4.78, 5) is 12.5. The summed E-state index contributed by atoms with van der Waals surface area (Å²) in [6, 6.07) is -0.798. The van der Waals surface area contributed by atoms with Gasteiger partial charge in [0.05, 0.1) is 18.8 Å². The Kier molecular flexibility index (Phi) is 51.5. The van der Waals surface area contributed by atoms with Crippen molar-refractivity contribution in [3.8, 4) is 0 Å². The molecule has 0 bridgehead atoms. The van der Waals surface area contributed by atoms with Crippen molar-refractivity contribution in [2.24, 2.45) is 0 Å². The molecule has 0 aliphatic carbocycles. The van der Waals surface area contributed by atoms with Gasteiger partial charge in [-0.15, -0.1) is 0 Å². The summed E-state index contributed by atoms with van der Waals surface area (Å²) in [5, 5.41) is 33.4. The number of hydrogen-bond acceptors (Lipinski definition) is 4. The molecule has 5 heteroatoms. The Labute approximate surface area is 388 Å². The molecule has 0 radical (unpaired) electrons. The zero-order valence-corrected chi connectivity index (χ0v) is 42.0. The second-order valence-corrected chi connectivity index (χ2v) is 19.5. The monoisotopic (exact) mass is 874 g/mol. The molecular formula is C57H111NO4. The van der Waals surface area contributed by atoms with Crippen LogP contribution >= 0.6 is 0 Å². The first-order valence-corrected chi connectivity index (χ1v) is 28.2. The number of allylic oxidation sites excluding steroid dienone is 3. The summed E-state index contributed by atoms with van der Waals surface area (Å²) in [7, 11) is 0. The fraction of sp³-hybridized carbons (Fsp3) is 0.912. The molecule has 3 atom stereocenters. The molecule has 0 saturated heterocycles. The van der Waals surface area contributed by atoms with Gasteiger partial charge in [-0.2, -0.15) is 0 Å². The zero-order valence-electron chi connectivity index (χ0n) is 42.0. The number of nitrogens with one attached hydrogen (secondary N) is 1. The van der Waals surface area contributed by atoms with Crippen LogP contribution in [-0.2, 0) is 4.79 Å². The van der Waals surface area contributed by atoms with E-state index in [1.807, 2.05) is 6.08 Å². The number of carbonyl (C=O) groups is 1. The van der Waals surface area contributed by atoms with E-state index < -0.39 is 24.2 Å². The second kappa shape index (κ2) is 52.5. The van der Waals surface area contributed by atoms with Crippen LogP contribution < -0.4 is 5.32 Å². The van der Waals surface area contributed by atoms with Crippen molar-refractivity contribution < 1.29 is 20.1 Å². The highest BCUT2D eigenvalue weighted by molar-refractivity contribution is 5.80. The Bertz CT molecular complexity index is 920. The lowest BCUT2D eigenvalue weighted by molar-refractivity contribution is -0.131. The minimum Gasteiger partial charge on any atom is -0.394 e. The van der Waals surface area contributed by atoms with Crippen molar-refractivity contribution in [1.82, 2.24) is 5.32 Å². The van der Waals surface area contributed by atoms with Gasteiger partial charge in [0.25, 0.3) is 0 Å². The summed E-state index contributed by atoms with van der Waals surface area (Å²) in [6.45, 7) is 4.22. The smallest absolute Gasteiger partial charge is 0.249 e. The van der Waals surface area contributed by atoms with E-state index in [0.29, 0.717) is 6.42 Å². The first-order valence-electron chi connectivity index (χ1n) is 28.2. The number of rotatable bonds is 52. The largest absolute Gasteiger partial charge is 0.394 e. The van der Waals surface area contributed by atoms with Gasteiger partial charge in [0.2, 0.25) is 5.91 Å². The molecule has 368 valence electrons. The van der Waals surface area contributed by atoms with Gasteiger partial charge in [0.15, 0.2) is 0 Å². The van der Waals surface area contributed by atoms with E-state index in [1.165, 1.54) is 257 Å². The molecule has 0 rings (SSSR count). The van der Waals surface area contributed by atoms with Crippen molar-refractivity contribution in [1.29, 1.82) is 0 Å². The highest BCUT2D eigenvalue weighted by Crippen LogP contribution is 2.17. The van der Waals surface area contributed by atoms with Gasteiger partial charge in [-0.25, -0.2) is 0 Å². The predicted molar refractivity (Wildman–Crippen MR) is 273 cm³/mol. The lowest BCUT2D eigenvalue weighted by Gasteiger charge is -2.21. The predicted octanol–water partition coefficient (Wildman–Crippen LogP) is 17.3. The molecule has 4 N–H and O–H groups in total. The molecule has 0 aromatic rings. The van der Waals surface area contributed by atoms with Crippen LogP contribution in [0, 0.1) is 0 Å². The zero-order chi connectivity index (χ0) is 45.1. The van der Waals surface area contributed by atoms with Gasteiger partial charge in [-0.1, -0.05) is 289 Å². The first kappa shape index (κ1) is 60.8. The third-order valence-electron chi connectivity index (χ3n) is 13.3. The topological polar surface area (TPSA) is 89.8 Å². The summed E-state index contributed by atoms with van der Waals surface area (Å²) in [5.41, 5.74) is 0. The maximum Gasteiger partial charge on any atom is 0.249 e. The van der Waals surface area contributed by atoms with Gasteiger partial charge >= 0.3 is 0 Å². The fourth-order valence-corrected chi connectivity index (χ4v) is 8.89. The van der Waals surface area contributed by atoms with Crippen LogP contribution in [-0.4, -0.2) is 46.1 Å². The lowest BCUT2D eigenvalue weighted by atomic mass is 10.0. The molecule has 0 heterocycles. The van der Waals surface area contributed by atoms with E-state index >= 15 is 0 Å². The molecule has 0 aliphatic rings. The van der Waals surface area contributed by atoms with Gasteiger partial charge in [-0.3, -0.25) is 4.79 Å². The molecule has 0 fully saturated rings. The summed E-state index contributed by atoms with van der Waals surface area (Å²) >= 11 is 0. The summed E-state index contributed by atoms with van der Waals surface area (Å²) in [6.07, 6.45) is 66.8. The van der Waals surface area contributed by atoms with Crippen LogP contribution in [0.15, 0.2) is 24.3 Å². The number of aliphatic hydroxyl groups is 3. The minimum absolute atomic E-state index is 0.362. The van der Waals surface area contributed by atoms with E-state index in [-0.39, 0.29) is 6.61 Å². The Hall–Kier alpha value is -1.17. The fourth-order valence-electron chi connectivity index (χ4n) is 8.89. The Morgan fingerprint density at radius 1 is 0.387 bits per heavy atom. The molecule has 0 aliphatic heterocycles. The molecule has 0 aromatic heterocycles. The van der Waals surface area contributed by atoms with E-state index in [9.17, 15) is 20.1 Å². The summed E-state index contributed by atoms with van der Waals surface area (Å²) in [5.74, 6) is -0.501. The molecule has 0 spiro atoms. The van der Waals surface area contributed by atoms with Gasteiger partial charge in [-0.05, 0) is 44.9 Å². The van der Waals surface area contributed by atoms with Crippen LogP contribution in [0.2, 0.25) is 0 Å². The average Bonchev–Trinajstić information content (AvgIpc) is 3.28. The molecule has 62 heavy (non-hydrogen) atoms. The van der Waals surface area contributed by atoms with Gasteiger partial charge in [0.1, 0.15) is 6.10 Å². The number of hydrogen-bond donors (Lipinski definition) is 4. The molecule has 0 saturated carbocycles. The lowest BCUT2D eigenvalue weighted by Crippen LogP contribution is -2.48. The third-order valence-corrected chi connectivity index (χ3v) is 13.3. The van der Waals surface area contributed by atoms with E-state index in [4.69, 9.17) is 0 Å². The quantitative estimate of drug-likeness (QED) is 0.0362. The Morgan fingerprint density at radius 3 is 0.935 bits per heavy atom. The number of aliphatic hydroxyl groups excluding tert-OH is 3. The van der Waals surface area contributed by atoms with Gasteiger partial charge in [0, 0.05) is 0 Å². The maximum atomic E-state index is 12.5. The molecular weight excluding hydrogens is 763 g/mol. The highest BCUT2D eigenvalue weighted by Gasteiger charge is 2.22. The Balaban J connectivity index is 3.57. The Morgan fingerprint density at radius 2 is 0.645 bits per heavy atom. The summed E-state index contributed by atoms with van der Waals surface area (Å²) < 4.78 is 0. The van der Waals surface area contributed by atoms with Crippen molar-refractivity contribution >= 4 is 5.91 Å². The van der Waals surface area contributed by atoms with Gasteiger partial charge < -0.3 is 20.6 Å². The minimum atomic E-state index is -1.10. The number of unbranched alkanes of at least 4 members (excludes halogenated alkanes) is 42. The average molecular weight is 875 g/mol. The van der Waals surface area contributed by atoms with Crippen LogP contribution in [0.5, 0.6) is 0 Å². The SMILES string of the molecule is CCCCCCCCCCCCCC/C=C\CCCCCCCCCCC(O)C(=O)NC(CO)C(O)/C=C/CCCCCCCCCCCCCCCCCCCCCCCC. The molecule has 3 unspecified atom stereocenters. The second-order valence-electron chi connectivity index (χ2n) is 19.5. The standard InChI is InChI=1S/C57H111NO4/c1-3-5-7-9-11-13-15-17-19-21-23-25-27-29-31-33-35-37-39-41-43-45-47-49-51-55(60)54(53-59)58-57(62)56(61)52-50-48-46-44-42-40-38-36-34-32-30-28-26-24-22-20-18-16-14-12-10-8-6-4-2/h30,32,49,51,54-56,59-61H,3-29,31,33-48,50,52-53H2,1-2H3,(H,58,62)/b32-30-,51-49+. The van der Waals surface area contributed by atoms with Crippen molar-refractivity contribution in [2.75, 3.05) is 6.61 Å². The van der Waals surface area contributed by atoms with E-state index in [0.717, 1.165) is 32.1 Å². The van der Waals surface area contributed by atoms with Crippen molar-refractivity contribution in [3.05, 3.63) is 24.3 Å². The van der Waals surface area contributed by atoms with Crippen LogP contribution in [0.25, 0.3) is 0 Å². The first-order chi connectivity index (χ1) is 30.6. The van der Waals surface area contributed by atoms with E-state index in [1.54, 1.807) is 6.08 Å². The normalized spacial score (nSPS) is 13.4. The third kappa shape index (κ3) is 46.8. The van der Waals surface area contributed by atoms with Crippen molar-refractivity contribution in [3.63, 3.8) is 0 Å². The number of carbonyl (C=O) groups excluding carboxylic acids is 1. The maximum absolute atomic E-state index is 12.5. The number of amides is 1. The molecule has 5 nitrogen and oxygen atoms in total. The van der Waals surface area contributed by atoms with Crippen LogP contribution in [0.3, 0.4) is 0 Å². The van der Waals surface area contributed by atoms with Crippen LogP contribution in [0.1, 0.15) is 309 Å². The molecule has 1 amide bonds. The highest BCUT2D eigenvalue weighted by atomic mass is 16.3.